The second kappa shape index (κ2) is 19.4. The number of aromatic nitrogens is 3. The van der Waals surface area contributed by atoms with Gasteiger partial charge in [-0.1, -0.05) is 24.8 Å². The highest BCUT2D eigenvalue weighted by Crippen LogP contribution is 2.42. The van der Waals surface area contributed by atoms with Gasteiger partial charge in [0.05, 0.1) is 38.1 Å². The minimum absolute atomic E-state index is 0.0483. The van der Waals surface area contributed by atoms with Gasteiger partial charge in [0.2, 0.25) is 11.7 Å². The topological polar surface area (TPSA) is 194 Å². The number of benzene rings is 2. The van der Waals surface area contributed by atoms with Gasteiger partial charge < -0.3 is 53.1 Å². The zero-order chi connectivity index (χ0) is 43.9. The fourth-order valence-corrected chi connectivity index (χ4v) is 7.85. The number of ether oxygens (including phenoxy) is 6. The Morgan fingerprint density at radius 1 is 0.952 bits per heavy atom. The number of fused-ring (bicyclic) bond motifs is 2. The third-order valence-corrected chi connectivity index (χ3v) is 10.9. The molecule has 0 aliphatic carbocycles. The Morgan fingerprint density at radius 2 is 1.76 bits per heavy atom. The monoisotopic (exact) mass is 853 g/mol. The zero-order valence-corrected chi connectivity index (χ0v) is 35.2. The number of carbonyl (C=O) groups excluding carboxylic acids is 5. The number of aryl methyl sites for hydroxylation is 2. The van der Waals surface area contributed by atoms with Crippen LogP contribution in [0.1, 0.15) is 76.4 Å². The molecule has 2 unspecified atom stereocenters. The van der Waals surface area contributed by atoms with Crippen LogP contribution in [0.5, 0.6) is 11.5 Å². The van der Waals surface area contributed by atoms with Gasteiger partial charge in [-0.2, -0.15) is 0 Å². The lowest BCUT2D eigenvalue weighted by Crippen LogP contribution is -2.54. The Hall–Kier alpha value is -6.66. The van der Waals surface area contributed by atoms with Gasteiger partial charge in [0.1, 0.15) is 12.3 Å². The maximum atomic E-state index is 14.1. The van der Waals surface area contributed by atoms with Crippen LogP contribution < -0.4 is 25.0 Å². The Labute approximate surface area is 358 Å². The van der Waals surface area contributed by atoms with E-state index in [1.54, 1.807) is 53.9 Å². The van der Waals surface area contributed by atoms with Crippen molar-refractivity contribution in [1.29, 1.82) is 0 Å². The van der Waals surface area contributed by atoms with E-state index in [-0.39, 0.29) is 72.3 Å². The number of nitrogens with zero attached hydrogens (tertiary/aromatic N) is 5. The highest BCUT2D eigenvalue weighted by molar-refractivity contribution is 6.06. The Bertz CT molecular complexity index is 2310. The molecule has 62 heavy (non-hydrogen) atoms. The molecule has 328 valence electrons. The quantitative estimate of drug-likeness (QED) is 0.0820. The fourth-order valence-electron chi connectivity index (χ4n) is 7.85. The van der Waals surface area contributed by atoms with Gasteiger partial charge >= 0.3 is 12.1 Å². The van der Waals surface area contributed by atoms with Crippen LogP contribution in [-0.2, 0) is 37.8 Å². The lowest BCUT2D eigenvalue weighted by atomic mass is 10.1. The molecule has 0 radical (unpaired) electrons. The van der Waals surface area contributed by atoms with Crippen molar-refractivity contribution in [3.63, 3.8) is 0 Å². The molecule has 2 N–H and O–H groups in total. The normalized spacial score (nSPS) is 18.3. The van der Waals surface area contributed by atoms with Gasteiger partial charge in [-0.25, -0.2) is 19.5 Å². The predicted octanol–water partition coefficient (Wildman–Crippen LogP) is 5.89. The molecule has 18 nitrogen and oxygen atoms in total. The van der Waals surface area contributed by atoms with E-state index in [9.17, 15) is 24.0 Å². The van der Waals surface area contributed by atoms with Gasteiger partial charge in [-0.05, 0) is 68.4 Å². The third kappa shape index (κ3) is 9.45. The molecule has 7 rings (SSSR count). The molecule has 0 spiro atoms. The first kappa shape index (κ1) is 43.4. The number of hydrogen-bond donors (Lipinski definition) is 2. The summed E-state index contributed by atoms with van der Waals surface area (Å²) in [4.78, 5) is 73.6. The first-order valence-electron chi connectivity index (χ1n) is 20.5. The molecular formula is C44H51N7O11. The lowest BCUT2D eigenvalue weighted by molar-refractivity contribution is -0.195. The molecule has 5 heterocycles. The molecule has 2 saturated heterocycles. The highest BCUT2D eigenvalue weighted by Gasteiger charge is 2.48. The van der Waals surface area contributed by atoms with Crippen LogP contribution in [0, 0.1) is 0 Å². The maximum absolute atomic E-state index is 14.1. The van der Waals surface area contributed by atoms with Gasteiger partial charge in [-0.15, -0.1) is 0 Å². The van der Waals surface area contributed by atoms with Crippen molar-refractivity contribution >= 4 is 47.0 Å². The van der Waals surface area contributed by atoms with Crippen molar-refractivity contribution in [2.24, 2.45) is 14.1 Å². The number of amides is 4. The van der Waals surface area contributed by atoms with Crippen LogP contribution in [0.3, 0.4) is 0 Å². The first-order valence-corrected chi connectivity index (χ1v) is 20.5. The van der Waals surface area contributed by atoms with Crippen molar-refractivity contribution in [2.75, 3.05) is 56.1 Å². The van der Waals surface area contributed by atoms with Crippen molar-refractivity contribution in [3.05, 3.63) is 84.6 Å². The van der Waals surface area contributed by atoms with E-state index >= 15 is 0 Å². The SMILES string of the molecule is C=CCOC(=O)N1c2cc(OCCCC(=O)Nc3cn(C)c(C(=O)Nc4ccc(-c5cc(C(=O)OC)n(C)c5)cc4)n3)c(OC)cc2C(=O)N2CCC[C@H]2C1OC1CCCCO1. The van der Waals surface area contributed by atoms with Gasteiger partial charge in [-0.3, -0.25) is 14.4 Å². The molecule has 18 heteroatoms. The lowest BCUT2D eigenvalue weighted by Gasteiger charge is -2.38. The van der Waals surface area contributed by atoms with E-state index in [0.29, 0.717) is 37.4 Å². The van der Waals surface area contributed by atoms with Crippen LogP contribution in [0.15, 0.2) is 67.5 Å². The third-order valence-electron chi connectivity index (χ3n) is 10.9. The second-order valence-electron chi connectivity index (χ2n) is 15.1. The number of rotatable bonds is 15. The fraction of sp³-hybridized carbons (Fsp3) is 0.409. The molecule has 2 fully saturated rings. The summed E-state index contributed by atoms with van der Waals surface area (Å²) in [6.07, 6.45) is 6.79. The van der Waals surface area contributed by atoms with Crippen molar-refractivity contribution < 1.29 is 52.4 Å². The van der Waals surface area contributed by atoms with Gasteiger partial charge in [0.15, 0.2) is 29.8 Å². The average Bonchev–Trinajstić information content (AvgIpc) is 4.01. The molecule has 0 bridgehead atoms. The number of hydrogen-bond acceptors (Lipinski definition) is 12. The first-order chi connectivity index (χ1) is 30.0. The number of carbonyl (C=O) groups is 5. The van der Waals surface area contributed by atoms with E-state index < -0.39 is 36.5 Å². The van der Waals surface area contributed by atoms with Gasteiger partial charge in [0, 0.05) is 63.4 Å². The summed E-state index contributed by atoms with van der Waals surface area (Å²) in [6.45, 7) is 4.72. The summed E-state index contributed by atoms with van der Waals surface area (Å²) in [5.74, 6) is -0.754. The molecule has 0 saturated carbocycles. The minimum atomic E-state index is -0.900. The van der Waals surface area contributed by atoms with Crippen LogP contribution in [0.2, 0.25) is 0 Å². The van der Waals surface area contributed by atoms with E-state index in [2.05, 4.69) is 22.2 Å². The molecular weight excluding hydrogens is 803 g/mol. The van der Waals surface area contributed by atoms with Crippen molar-refractivity contribution in [2.45, 2.75) is 63.5 Å². The van der Waals surface area contributed by atoms with Crippen molar-refractivity contribution in [3.8, 4) is 22.6 Å². The molecule has 2 aromatic heterocycles. The number of methoxy groups -OCH3 is 2. The summed E-state index contributed by atoms with van der Waals surface area (Å²) in [6, 6.07) is 11.5. The van der Waals surface area contributed by atoms with Crippen molar-refractivity contribution in [1.82, 2.24) is 19.0 Å². The predicted molar refractivity (Wildman–Crippen MR) is 226 cm³/mol. The molecule has 2 aromatic carbocycles. The number of imidazole rings is 1. The molecule has 4 aromatic rings. The summed E-state index contributed by atoms with van der Waals surface area (Å²) in [7, 11) is 6.19. The molecule has 3 aliphatic rings. The standard InChI is InChI=1S/C44H51N7O11/c1-6-19-61-44(56)51-32-24-35(34(57-4)23-30(32)41(54)50-18-9-11-31(50)42(51)62-38-13-7-8-20-60-38)59-21-10-12-37(52)46-36-26-49(3)39(47-36)40(53)45-29-16-14-27(15-17-29)28-22-33(43(55)58-5)48(2)25-28/h6,14-17,22-26,31,38,42H,1,7-13,18-21H2,2-5H3,(H,45,53)(H,46,52)/t31-,38?,42?/m0/s1. The Balaban J connectivity index is 0.985. The zero-order valence-electron chi connectivity index (χ0n) is 35.2. The Morgan fingerprint density at radius 3 is 2.48 bits per heavy atom. The van der Waals surface area contributed by atoms with Crippen LogP contribution >= 0.6 is 0 Å². The Kier molecular flexibility index (Phi) is 13.6. The molecule has 3 atom stereocenters. The number of esters is 1. The minimum Gasteiger partial charge on any atom is -0.493 e. The summed E-state index contributed by atoms with van der Waals surface area (Å²) >= 11 is 0. The average molecular weight is 854 g/mol. The van der Waals surface area contributed by atoms with E-state index in [1.807, 2.05) is 18.3 Å². The van der Waals surface area contributed by atoms with E-state index in [0.717, 1.165) is 30.4 Å². The van der Waals surface area contributed by atoms with E-state index in [4.69, 9.17) is 28.4 Å². The summed E-state index contributed by atoms with van der Waals surface area (Å²) in [5, 5.41) is 5.56. The van der Waals surface area contributed by atoms with Crippen LogP contribution in [0.4, 0.5) is 22.0 Å². The van der Waals surface area contributed by atoms with Gasteiger partial charge in [0.25, 0.3) is 11.8 Å². The highest BCUT2D eigenvalue weighted by atomic mass is 16.7. The largest absolute Gasteiger partial charge is 0.493 e. The number of anilines is 3. The molecule has 4 amide bonds. The summed E-state index contributed by atoms with van der Waals surface area (Å²) < 4.78 is 37.8. The van der Waals surface area contributed by atoms with E-state index in [1.165, 1.54) is 36.0 Å². The second-order valence-corrected chi connectivity index (χ2v) is 15.1. The molecule has 3 aliphatic heterocycles. The maximum Gasteiger partial charge on any atom is 0.416 e. The number of nitrogens with one attached hydrogen (secondary N) is 2. The summed E-state index contributed by atoms with van der Waals surface area (Å²) in [5.41, 5.74) is 3.06. The smallest absolute Gasteiger partial charge is 0.416 e. The van der Waals surface area contributed by atoms with Crippen LogP contribution in [0.25, 0.3) is 11.1 Å². The van der Waals surface area contributed by atoms with Crippen LogP contribution in [-0.4, -0.2) is 108 Å².